The third-order valence-electron chi connectivity index (χ3n) is 20.4. The van der Waals surface area contributed by atoms with Crippen LogP contribution in [0.2, 0.25) is 18.1 Å². The van der Waals surface area contributed by atoms with Crippen molar-refractivity contribution in [1.29, 1.82) is 0 Å². The maximum atomic E-state index is 15.8. The van der Waals surface area contributed by atoms with Crippen molar-refractivity contribution in [2.45, 2.75) is 187 Å². The summed E-state index contributed by atoms with van der Waals surface area (Å²) in [6.07, 6.45) is -17.1. The van der Waals surface area contributed by atoms with Gasteiger partial charge in [0.2, 0.25) is 20.0 Å². The van der Waals surface area contributed by atoms with Crippen LogP contribution >= 0.6 is 0 Å². The molecule has 9 aromatic carbocycles. The van der Waals surface area contributed by atoms with Crippen molar-refractivity contribution in [2.24, 2.45) is 0 Å². The van der Waals surface area contributed by atoms with Gasteiger partial charge in [0.25, 0.3) is 0 Å². The number of rotatable bonds is 34. The maximum Gasteiger partial charge on any atom is 0.241 e. The van der Waals surface area contributed by atoms with Gasteiger partial charge < -0.3 is 70.7 Å². The predicted octanol–water partition coefficient (Wildman–Crippen LogP) is 13.5. The molecule has 4 aliphatic heterocycles. The van der Waals surface area contributed by atoms with Crippen molar-refractivity contribution in [3.8, 4) is 5.75 Å². The zero-order chi connectivity index (χ0) is 76.5. The fourth-order valence-electron chi connectivity index (χ4n) is 13.5. The van der Waals surface area contributed by atoms with E-state index in [2.05, 4.69) is 43.3 Å². The Morgan fingerprint density at radius 2 is 0.764 bits per heavy atom. The Morgan fingerprint density at radius 1 is 0.400 bits per heavy atom. The van der Waals surface area contributed by atoms with E-state index in [0.29, 0.717) is 5.75 Å². The van der Waals surface area contributed by atoms with Gasteiger partial charge in [0.05, 0.1) is 76.4 Å². The van der Waals surface area contributed by atoms with Crippen LogP contribution in [-0.2, 0) is 126 Å². The third-order valence-corrected chi connectivity index (χ3v) is 27.8. The maximum absolute atomic E-state index is 15.8. The van der Waals surface area contributed by atoms with Crippen molar-refractivity contribution in [2.75, 3.05) is 26.9 Å². The number of ether oxygens (including phenoxy) is 14. The SMILES string of the molecule is COc1ccc(CO[C@@H]2[C@H](OCc3ccccc3)[C@H](O[C@H]3[C@H](OCc4ccccc4)[C@@H](NS(=O)(=O)c4ccccc4)[C@H](O[C@H]4[C@H](OCc5ccccc5)[C@@H](NS(=O)(=O)c5ccccc5)[C@@H](O[Si](C)(C)C(C)(C)C)O[C@@H]4COCc4ccccc4)O[C@@H]3COCc3ccccc3)O[C@@H]3CO[C@@H](c4ccccc4)O[C@@H]23)cc1. The van der Waals surface area contributed by atoms with Gasteiger partial charge in [-0.1, -0.05) is 251 Å². The van der Waals surface area contributed by atoms with E-state index in [-0.39, 0.29) is 69.3 Å². The van der Waals surface area contributed by atoms with Gasteiger partial charge in [-0.15, -0.1) is 0 Å². The van der Waals surface area contributed by atoms with Crippen LogP contribution in [0.5, 0.6) is 5.75 Å². The monoisotopic (exact) mass is 1550 g/mol. The summed E-state index contributed by atoms with van der Waals surface area (Å²) in [5, 5.41) is -0.427. The standard InChI is InChI=1S/C86H98N2O19S2Si/c1-86(2,3)110(5,6)107-84-74(88-109(91,92)69-45-29-14-30-46-69)79(97-54-63-37-21-10-22-38-63)75(71(102-84)58-95-52-61-33-17-8-18-34-61)105-83-73(87-108(89,90)68-43-27-13-28-44-68)78(96-53-62-35-19-9-20-36-62)76(70(101-83)57-94-51-60-31-15-7-16-32-60)106-85-81(99-55-64-39-23-11-24-40-64)80(98-56-65-47-49-67(93-4)50-48-65)77-72(103-85)59-100-82(104-77)66-41-25-12-26-42-66/h7-50,70-85,87-88H,51-59H2,1-6H3/t70-,71-,72-,73-,74-,75-,76-,77-,78-,79-,80+,81+,82-,83+,84-,85+/m1/s1. The molecule has 4 heterocycles. The van der Waals surface area contributed by atoms with Crippen molar-refractivity contribution in [1.82, 2.24) is 9.44 Å². The van der Waals surface area contributed by atoms with Crippen LogP contribution in [0.3, 0.4) is 0 Å². The molecule has 0 amide bonds. The third kappa shape index (κ3) is 20.9. The molecule has 0 spiro atoms. The molecule has 9 aromatic rings. The van der Waals surface area contributed by atoms with Gasteiger partial charge in [-0.25, -0.2) is 26.3 Å². The smallest absolute Gasteiger partial charge is 0.241 e. The molecule has 21 nitrogen and oxygen atoms in total. The molecule has 0 saturated carbocycles. The first-order chi connectivity index (χ1) is 53.3. The molecule has 4 fully saturated rings. The van der Waals surface area contributed by atoms with E-state index in [1.165, 1.54) is 24.3 Å². The Bertz CT molecular complexity index is 4480. The first kappa shape index (κ1) is 80.3. The number of benzene rings is 9. The summed E-state index contributed by atoms with van der Waals surface area (Å²) >= 11 is 0. The number of hydrogen-bond donors (Lipinski definition) is 2. The van der Waals surface area contributed by atoms with Gasteiger partial charge in [-0.2, -0.15) is 0 Å². The molecule has 0 aromatic heterocycles. The largest absolute Gasteiger partial charge is 0.497 e. The van der Waals surface area contributed by atoms with Crippen LogP contribution in [0, 0.1) is 0 Å². The summed E-state index contributed by atoms with van der Waals surface area (Å²) in [5.74, 6) is 0.667. The zero-order valence-electron chi connectivity index (χ0n) is 62.6. The normalized spacial score (nSPS) is 26.0. The van der Waals surface area contributed by atoms with Gasteiger partial charge >= 0.3 is 0 Å². The molecule has 2 N–H and O–H groups in total. The molecule has 16 atom stereocenters. The summed E-state index contributed by atoms with van der Waals surface area (Å²) < 4.78 is 175. The molecule has 4 aliphatic rings. The summed E-state index contributed by atoms with van der Waals surface area (Å²) in [5.41, 5.74) is 5.60. The van der Waals surface area contributed by atoms with E-state index in [1.54, 1.807) is 43.5 Å². The van der Waals surface area contributed by atoms with Crippen molar-refractivity contribution in [3.63, 3.8) is 0 Å². The molecule has 4 saturated heterocycles. The molecule has 0 bridgehead atoms. The second kappa shape index (κ2) is 37.7. The van der Waals surface area contributed by atoms with E-state index in [4.69, 9.17) is 70.7 Å². The van der Waals surface area contributed by atoms with Crippen LogP contribution in [0.25, 0.3) is 0 Å². The highest BCUT2D eigenvalue weighted by molar-refractivity contribution is 7.89. The fraction of sp³-hybridized carbons (Fsp3) is 0.372. The van der Waals surface area contributed by atoms with E-state index in [9.17, 15) is 0 Å². The highest BCUT2D eigenvalue weighted by atomic mass is 32.2. The van der Waals surface area contributed by atoms with Gasteiger partial charge in [-0.3, -0.25) is 0 Å². The highest BCUT2D eigenvalue weighted by Gasteiger charge is 2.59. The average Bonchev–Trinajstić information content (AvgIpc) is 0.750. The zero-order valence-corrected chi connectivity index (χ0v) is 65.2. The van der Waals surface area contributed by atoms with Crippen LogP contribution in [-0.4, -0.2) is 144 Å². The lowest BCUT2D eigenvalue weighted by Gasteiger charge is -2.53. The van der Waals surface area contributed by atoms with Gasteiger partial charge in [0.15, 0.2) is 33.5 Å². The van der Waals surface area contributed by atoms with Crippen molar-refractivity contribution >= 4 is 28.4 Å². The molecule has 13 rings (SSSR count). The van der Waals surface area contributed by atoms with Crippen molar-refractivity contribution < 1.29 is 87.6 Å². The molecule has 0 radical (unpaired) electrons. The van der Waals surface area contributed by atoms with E-state index >= 15 is 16.8 Å². The van der Waals surface area contributed by atoms with Crippen LogP contribution < -0.4 is 14.2 Å². The minimum Gasteiger partial charge on any atom is -0.497 e. The topological polar surface area (TPSA) is 231 Å². The van der Waals surface area contributed by atoms with Gasteiger partial charge in [0.1, 0.15) is 78.9 Å². The van der Waals surface area contributed by atoms with Crippen LogP contribution in [0.1, 0.15) is 66.0 Å². The van der Waals surface area contributed by atoms with Gasteiger partial charge in [-0.05, 0) is 87.9 Å². The van der Waals surface area contributed by atoms with Crippen LogP contribution in [0.15, 0.2) is 277 Å². The summed E-state index contributed by atoms with van der Waals surface area (Å²) in [4.78, 5) is -0.128. The molecule has 110 heavy (non-hydrogen) atoms. The number of hydrogen-bond acceptors (Lipinski definition) is 19. The Balaban J connectivity index is 0.970. The summed E-state index contributed by atoms with van der Waals surface area (Å²) in [6, 6.07) is 77.9. The fourth-order valence-corrected chi connectivity index (χ4v) is 17.1. The molecule has 0 aliphatic carbocycles. The first-order valence-corrected chi connectivity index (χ1v) is 43.1. The summed E-state index contributed by atoms with van der Waals surface area (Å²) in [6.45, 7) is 10.1. The van der Waals surface area contributed by atoms with Gasteiger partial charge in [0, 0.05) is 5.56 Å². The lowest BCUT2D eigenvalue weighted by atomic mass is 9.94. The van der Waals surface area contributed by atoms with E-state index in [1.807, 2.05) is 206 Å². The lowest BCUT2D eigenvalue weighted by Crippen LogP contribution is -2.71. The minimum atomic E-state index is -4.63. The Kier molecular flexibility index (Phi) is 27.5. The highest BCUT2D eigenvalue weighted by Crippen LogP contribution is 2.44. The quantitative estimate of drug-likeness (QED) is 0.0357. The Hall–Kier alpha value is -7.74. The number of fused-ring (bicyclic) bond motifs is 1. The Morgan fingerprint density at radius 3 is 1.19 bits per heavy atom. The molecule has 24 heteroatoms. The second-order valence-electron chi connectivity index (χ2n) is 29.2. The number of methoxy groups -OCH3 is 1. The lowest BCUT2D eigenvalue weighted by molar-refractivity contribution is -0.394. The first-order valence-electron chi connectivity index (χ1n) is 37.2. The molecule has 0 unspecified atom stereocenters. The molecular weight excluding hydrogens is 1460 g/mol. The van der Waals surface area contributed by atoms with E-state index in [0.717, 1.165) is 38.9 Å². The predicted molar refractivity (Wildman–Crippen MR) is 414 cm³/mol. The number of sulfonamides is 2. The average molecular weight is 1560 g/mol. The van der Waals surface area contributed by atoms with Crippen LogP contribution in [0.4, 0.5) is 0 Å². The minimum absolute atomic E-state index is 0.0174. The summed E-state index contributed by atoms with van der Waals surface area (Å²) in [7, 11) is -10.4. The Labute approximate surface area is 646 Å². The number of nitrogens with one attached hydrogen (secondary N) is 2. The van der Waals surface area contributed by atoms with Crippen molar-refractivity contribution in [3.05, 3.63) is 306 Å². The molecular formula is C86H98N2O19S2Si. The molecule has 582 valence electrons. The van der Waals surface area contributed by atoms with E-state index < -0.39 is 132 Å². The second-order valence-corrected chi connectivity index (χ2v) is 37.4.